The Labute approximate surface area is 197 Å². The standard InChI is InChI=1S/C33H21N/c1-3-13-25-22(10-1)12-9-18-26(25)33-29-16-6-4-14-27(29)32(28-15-5-7-17-30(28)33)24-20-23-11-2-8-19-31(23)34-21-24/h1-21H. The molecule has 0 bridgehead atoms. The van der Waals surface area contributed by atoms with Gasteiger partial charge in [-0.1, -0.05) is 109 Å². The van der Waals surface area contributed by atoms with Gasteiger partial charge in [0.1, 0.15) is 0 Å². The second-order valence-electron chi connectivity index (χ2n) is 8.78. The van der Waals surface area contributed by atoms with Crippen LogP contribution in [0.2, 0.25) is 0 Å². The molecular formula is C33H21N. The summed E-state index contributed by atoms with van der Waals surface area (Å²) in [6.45, 7) is 0. The third-order valence-electron chi connectivity index (χ3n) is 6.87. The summed E-state index contributed by atoms with van der Waals surface area (Å²) in [5.41, 5.74) is 5.98. The molecule has 0 aliphatic carbocycles. The molecule has 0 aliphatic rings. The minimum Gasteiger partial charge on any atom is -0.256 e. The zero-order chi connectivity index (χ0) is 22.5. The predicted octanol–water partition coefficient (Wildman–Crippen LogP) is 9.03. The molecule has 0 radical (unpaired) electrons. The van der Waals surface area contributed by atoms with Gasteiger partial charge in [-0.3, -0.25) is 4.98 Å². The number of hydrogen-bond donors (Lipinski definition) is 0. The maximum absolute atomic E-state index is 4.79. The summed E-state index contributed by atoms with van der Waals surface area (Å²) in [5.74, 6) is 0. The van der Waals surface area contributed by atoms with E-state index in [0.29, 0.717) is 0 Å². The van der Waals surface area contributed by atoms with Crippen molar-refractivity contribution >= 4 is 43.2 Å². The van der Waals surface area contributed by atoms with Gasteiger partial charge < -0.3 is 0 Å². The first-order valence-corrected chi connectivity index (χ1v) is 11.7. The largest absolute Gasteiger partial charge is 0.256 e. The summed E-state index contributed by atoms with van der Waals surface area (Å²) < 4.78 is 0. The number of benzene rings is 6. The van der Waals surface area contributed by atoms with Crippen LogP contribution in [0.15, 0.2) is 128 Å². The fourth-order valence-corrected chi connectivity index (χ4v) is 5.38. The van der Waals surface area contributed by atoms with Crippen LogP contribution in [0.3, 0.4) is 0 Å². The lowest BCUT2D eigenvalue weighted by molar-refractivity contribution is 1.41. The van der Waals surface area contributed by atoms with Gasteiger partial charge in [0, 0.05) is 17.1 Å². The molecule has 0 amide bonds. The fourth-order valence-electron chi connectivity index (χ4n) is 5.38. The molecule has 0 atom stereocenters. The highest BCUT2D eigenvalue weighted by Crippen LogP contribution is 2.45. The van der Waals surface area contributed by atoms with E-state index >= 15 is 0 Å². The summed E-state index contributed by atoms with van der Waals surface area (Å²) in [5, 5.41) is 8.73. The molecule has 0 unspecified atom stereocenters. The second-order valence-corrected chi connectivity index (χ2v) is 8.78. The first kappa shape index (κ1) is 19.0. The van der Waals surface area contributed by atoms with Crippen molar-refractivity contribution in [2.75, 3.05) is 0 Å². The number of fused-ring (bicyclic) bond motifs is 4. The Morgan fingerprint density at radius 1 is 0.412 bits per heavy atom. The van der Waals surface area contributed by atoms with E-state index in [1.165, 1.54) is 49.0 Å². The minimum absolute atomic E-state index is 1.02. The maximum Gasteiger partial charge on any atom is 0.0702 e. The zero-order valence-corrected chi connectivity index (χ0v) is 18.6. The van der Waals surface area contributed by atoms with Gasteiger partial charge in [0.15, 0.2) is 0 Å². The SMILES string of the molecule is c1ccc2ncc(-c3c4ccccc4c(-c4cccc5ccccc45)c4ccccc34)cc2c1. The molecule has 1 heteroatoms. The van der Waals surface area contributed by atoms with Gasteiger partial charge in [-0.25, -0.2) is 0 Å². The Morgan fingerprint density at radius 3 is 1.65 bits per heavy atom. The Balaban J connectivity index is 1.66. The van der Waals surface area contributed by atoms with Crippen molar-refractivity contribution in [1.29, 1.82) is 0 Å². The van der Waals surface area contributed by atoms with E-state index in [4.69, 9.17) is 4.98 Å². The van der Waals surface area contributed by atoms with Crippen LogP contribution in [-0.2, 0) is 0 Å². The summed E-state index contributed by atoms with van der Waals surface area (Å²) >= 11 is 0. The predicted molar refractivity (Wildman–Crippen MR) is 145 cm³/mol. The molecule has 0 aliphatic heterocycles. The Bertz CT molecular complexity index is 1800. The average molecular weight is 432 g/mol. The highest BCUT2D eigenvalue weighted by Gasteiger charge is 2.17. The van der Waals surface area contributed by atoms with Crippen LogP contribution < -0.4 is 0 Å². The average Bonchev–Trinajstić information content (AvgIpc) is 2.91. The molecule has 7 aromatic rings. The molecule has 0 fully saturated rings. The minimum atomic E-state index is 1.02. The molecule has 0 spiro atoms. The zero-order valence-electron chi connectivity index (χ0n) is 18.6. The van der Waals surface area contributed by atoms with Crippen LogP contribution in [0.4, 0.5) is 0 Å². The molecule has 34 heavy (non-hydrogen) atoms. The lowest BCUT2D eigenvalue weighted by atomic mass is 9.85. The van der Waals surface area contributed by atoms with E-state index in [1.807, 2.05) is 12.3 Å². The van der Waals surface area contributed by atoms with Crippen molar-refractivity contribution in [2.45, 2.75) is 0 Å². The fraction of sp³-hybridized carbons (Fsp3) is 0. The van der Waals surface area contributed by atoms with Gasteiger partial charge in [-0.2, -0.15) is 0 Å². The summed E-state index contributed by atoms with van der Waals surface area (Å²) in [6, 6.07) is 43.5. The molecular weight excluding hydrogens is 410 g/mol. The monoisotopic (exact) mass is 431 g/mol. The van der Waals surface area contributed by atoms with Gasteiger partial charge in [0.05, 0.1) is 5.52 Å². The molecule has 1 heterocycles. The third-order valence-corrected chi connectivity index (χ3v) is 6.87. The first-order chi connectivity index (χ1) is 16.9. The molecule has 7 rings (SSSR count). The lowest BCUT2D eigenvalue weighted by Crippen LogP contribution is -1.92. The van der Waals surface area contributed by atoms with E-state index in [-0.39, 0.29) is 0 Å². The van der Waals surface area contributed by atoms with Crippen molar-refractivity contribution in [1.82, 2.24) is 4.98 Å². The van der Waals surface area contributed by atoms with Gasteiger partial charge in [0.2, 0.25) is 0 Å². The topological polar surface area (TPSA) is 12.9 Å². The second kappa shape index (κ2) is 7.54. The van der Waals surface area contributed by atoms with Gasteiger partial charge in [-0.15, -0.1) is 0 Å². The number of pyridine rings is 1. The number of nitrogens with zero attached hydrogens (tertiary/aromatic N) is 1. The Hall–Kier alpha value is -4.49. The van der Waals surface area contributed by atoms with Gasteiger partial charge in [0.25, 0.3) is 0 Å². The quantitative estimate of drug-likeness (QED) is 0.249. The molecule has 1 nitrogen and oxygen atoms in total. The van der Waals surface area contributed by atoms with Crippen molar-refractivity contribution in [3.63, 3.8) is 0 Å². The highest BCUT2D eigenvalue weighted by molar-refractivity contribution is 6.23. The molecule has 158 valence electrons. The van der Waals surface area contributed by atoms with Crippen molar-refractivity contribution in [3.8, 4) is 22.3 Å². The smallest absolute Gasteiger partial charge is 0.0702 e. The lowest BCUT2D eigenvalue weighted by Gasteiger charge is -2.18. The number of rotatable bonds is 2. The molecule has 6 aromatic carbocycles. The van der Waals surface area contributed by atoms with Crippen LogP contribution in [0.25, 0.3) is 65.5 Å². The van der Waals surface area contributed by atoms with E-state index in [9.17, 15) is 0 Å². The van der Waals surface area contributed by atoms with Gasteiger partial charge in [-0.05, 0) is 61.1 Å². The first-order valence-electron chi connectivity index (χ1n) is 11.7. The third kappa shape index (κ3) is 2.84. The molecule has 0 N–H and O–H groups in total. The van der Waals surface area contributed by atoms with Crippen LogP contribution in [-0.4, -0.2) is 4.98 Å². The van der Waals surface area contributed by atoms with Crippen molar-refractivity contribution < 1.29 is 0 Å². The van der Waals surface area contributed by atoms with E-state index in [0.717, 1.165) is 16.5 Å². The molecule has 1 aromatic heterocycles. The number of hydrogen-bond acceptors (Lipinski definition) is 1. The van der Waals surface area contributed by atoms with Crippen molar-refractivity contribution in [3.05, 3.63) is 128 Å². The van der Waals surface area contributed by atoms with E-state index in [1.54, 1.807) is 0 Å². The Kier molecular flexibility index (Phi) is 4.22. The molecule has 0 saturated heterocycles. The number of aromatic nitrogens is 1. The van der Waals surface area contributed by atoms with Crippen LogP contribution in [0.5, 0.6) is 0 Å². The van der Waals surface area contributed by atoms with Crippen LogP contribution in [0.1, 0.15) is 0 Å². The van der Waals surface area contributed by atoms with Crippen LogP contribution >= 0.6 is 0 Å². The van der Waals surface area contributed by atoms with E-state index in [2.05, 4.69) is 115 Å². The van der Waals surface area contributed by atoms with E-state index < -0.39 is 0 Å². The van der Waals surface area contributed by atoms with Gasteiger partial charge >= 0.3 is 0 Å². The number of para-hydroxylation sites is 1. The summed E-state index contributed by atoms with van der Waals surface area (Å²) in [6.07, 6.45) is 2.02. The Morgan fingerprint density at radius 2 is 0.941 bits per heavy atom. The summed E-state index contributed by atoms with van der Waals surface area (Å²) in [4.78, 5) is 4.79. The maximum atomic E-state index is 4.79. The summed E-state index contributed by atoms with van der Waals surface area (Å²) in [7, 11) is 0. The normalized spacial score (nSPS) is 11.5. The molecule has 0 saturated carbocycles. The highest BCUT2D eigenvalue weighted by atomic mass is 14.6. The van der Waals surface area contributed by atoms with Crippen molar-refractivity contribution in [2.24, 2.45) is 0 Å². The van der Waals surface area contributed by atoms with Crippen LogP contribution in [0, 0.1) is 0 Å².